The molecule has 0 aromatic carbocycles. The molecule has 0 saturated carbocycles. The maximum absolute atomic E-state index is 13.0. The lowest BCUT2D eigenvalue weighted by molar-refractivity contribution is 0.0617. The number of halogens is 1. The summed E-state index contributed by atoms with van der Waals surface area (Å²) >= 11 is -2.49. The number of unbranched alkanes of at least 4 members (excludes halogenated alkanes) is 21. The summed E-state index contributed by atoms with van der Waals surface area (Å²) in [5.74, 6) is 0. The summed E-state index contributed by atoms with van der Waals surface area (Å²) in [7, 11) is 0. The van der Waals surface area contributed by atoms with Crippen LogP contribution in [0, 0.1) is 0 Å². The highest BCUT2D eigenvalue weighted by molar-refractivity contribution is 7.74. The van der Waals surface area contributed by atoms with Gasteiger partial charge in [0.05, 0.1) is 0 Å². The molecule has 0 heterocycles. The van der Waals surface area contributed by atoms with Gasteiger partial charge in [-0.2, -0.15) is 4.21 Å². The van der Waals surface area contributed by atoms with Gasteiger partial charge in [0.15, 0.2) is 0 Å². The van der Waals surface area contributed by atoms with Crippen LogP contribution in [0.4, 0.5) is 4.39 Å². The summed E-state index contributed by atoms with van der Waals surface area (Å²) < 4.78 is 35.9. The van der Waals surface area contributed by atoms with Gasteiger partial charge in [-0.1, -0.05) is 142 Å². The molecule has 0 radical (unpaired) electrons. The minimum atomic E-state index is -2.49. The van der Waals surface area contributed by atoms with E-state index in [0.29, 0.717) is 0 Å². The topological polar surface area (TPSA) is 46.5 Å². The largest absolute Gasteiger partial charge is 0.304 e. The SMILES string of the molecule is CCCCCCCCCCCCCCCCCCCCCCCCC(F)OS(=O)O. The Hall–Kier alpha value is -0.0000000000000000486. The Kier molecular flexibility index (Phi) is 25.3. The Morgan fingerprint density at radius 3 is 1.13 bits per heavy atom. The Labute approximate surface area is 189 Å². The number of alkyl halides is 1. The van der Waals surface area contributed by atoms with Crippen molar-refractivity contribution in [3.8, 4) is 0 Å². The van der Waals surface area contributed by atoms with Crippen molar-refractivity contribution in [1.82, 2.24) is 0 Å². The molecular weight excluding hydrogens is 399 g/mol. The van der Waals surface area contributed by atoms with Gasteiger partial charge in [0.25, 0.3) is 0 Å². The van der Waals surface area contributed by atoms with Gasteiger partial charge in [-0.05, 0) is 6.42 Å². The lowest BCUT2D eigenvalue weighted by Gasteiger charge is -2.06. The smallest absolute Gasteiger partial charge is 0.284 e. The minimum Gasteiger partial charge on any atom is -0.284 e. The summed E-state index contributed by atoms with van der Waals surface area (Å²) in [6.45, 7) is 2.28. The van der Waals surface area contributed by atoms with Crippen LogP contribution in [0.2, 0.25) is 0 Å². The Morgan fingerprint density at radius 2 is 0.867 bits per heavy atom. The third-order valence-corrected chi connectivity index (χ3v) is 6.34. The molecule has 182 valence electrons. The summed E-state index contributed by atoms with van der Waals surface area (Å²) in [6.07, 6.45) is 27.9. The number of rotatable bonds is 25. The van der Waals surface area contributed by atoms with Crippen molar-refractivity contribution in [3.05, 3.63) is 0 Å². The van der Waals surface area contributed by atoms with Gasteiger partial charge >= 0.3 is 11.4 Å². The van der Waals surface area contributed by atoms with Crippen LogP contribution in [0.25, 0.3) is 0 Å². The van der Waals surface area contributed by atoms with Crippen LogP contribution in [-0.4, -0.2) is 15.1 Å². The first-order chi connectivity index (χ1) is 14.7. The van der Waals surface area contributed by atoms with E-state index >= 15 is 0 Å². The van der Waals surface area contributed by atoms with Gasteiger partial charge < -0.3 is 0 Å². The Morgan fingerprint density at radius 1 is 0.600 bits per heavy atom. The summed E-state index contributed by atoms with van der Waals surface area (Å²) in [4.78, 5) is 0. The maximum atomic E-state index is 13.0. The van der Waals surface area contributed by atoms with Crippen LogP contribution in [0.3, 0.4) is 0 Å². The molecule has 0 aromatic heterocycles. The molecule has 0 spiro atoms. The van der Waals surface area contributed by atoms with Crippen LogP contribution < -0.4 is 0 Å². The fourth-order valence-corrected chi connectivity index (χ4v) is 4.33. The molecule has 0 amide bonds. The van der Waals surface area contributed by atoms with E-state index in [4.69, 9.17) is 4.55 Å². The normalized spacial score (nSPS) is 13.6. The summed E-state index contributed by atoms with van der Waals surface area (Å²) in [5, 5.41) is 0. The Balaban J connectivity index is 3.06. The van der Waals surface area contributed by atoms with Gasteiger partial charge in [0, 0.05) is 6.42 Å². The molecule has 5 heteroatoms. The molecule has 0 fully saturated rings. The van der Waals surface area contributed by atoms with Gasteiger partial charge in [-0.25, -0.2) is 8.57 Å². The average Bonchev–Trinajstić information content (AvgIpc) is 2.71. The van der Waals surface area contributed by atoms with E-state index in [1.165, 1.54) is 122 Å². The second kappa shape index (κ2) is 25.3. The molecule has 3 nitrogen and oxygen atoms in total. The van der Waals surface area contributed by atoms with Crippen molar-refractivity contribution in [1.29, 1.82) is 0 Å². The van der Waals surface area contributed by atoms with Crippen molar-refractivity contribution >= 4 is 11.4 Å². The van der Waals surface area contributed by atoms with E-state index < -0.39 is 17.7 Å². The molecule has 1 N–H and O–H groups in total. The first-order valence-electron chi connectivity index (χ1n) is 13.1. The van der Waals surface area contributed by atoms with E-state index in [2.05, 4.69) is 11.1 Å². The van der Waals surface area contributed by atoms with Gasteiger partial charge in [0.1, 0.15) is 0 Å². The van der Waals surface area contributed by atoms with E-state index in [1.54, 1.807) is 0 Å². The molecule has 0 aliphatic carbocycles. The molecule has 0 aromatic rings. The predicted molar refractivity (Wildman–Crippen MR) is 129 cm³/mol. The predicted octanol–water partition coefficient (Wildman–Crippen LogP) is 9.43. The van der Waals surface area contributed by atoms with E-state index in [1.807, 2.05) is 0 Å². The van der Waals surface area contributed by atoms with Crippen molar-refractivity contribution in [2.45, 2.75) is 161 Å². The van der Waals surface area contributed by atoms with Crippen LogP contribution in [0.1, 0.15) is 155 Å². The highest BCUT2D eigenvalue weighted by Crippen LogP contribution is 2.16. The first-order valence-corrected chi connectivity index (χ1v) is 14.1. The molecular formula is C25H51FO3S. The third kappa shape index (κ3) is 26.0. The van der Waals surface area contributed by atoms with Crippen LogP contribution in [-0.2, 0) is 15.5 Å². The molecule has 2 atom stereocenters. The zero-order chi connectivity index (χ0) is 22.1. The van der Waals surface area contributed by atoms with Gasteiger partial charge in [-0.3, -0.25) is 4.55 Å². The average molecular weight is 451 g/mol. The lowest BCUT2D eigenvalue weighted by atomic mass is 10.0. The highest BCUT2D eigenvalue weighted by atomic mass is 32.2. The highest BCUT2D eigenvalue weighted by Gasteiger charge is 2.09. The van der Waals surface area contributed by atoms with Gasteiger partial charge in [-0.15, -0.1) is 0 Å². The van der Waals surface area contributed by atoms with Crippen LogP contribution >= 0.6 is 0 Å². The monoisotopic (exact) mass is 450 g/mol. The molecule has 2 unspecified atom stereocenters. The standard InChI is InChI=1S/C25H51FO3S/c1-2-3-4-5-6-7-8-9-10-11-12-13-14-15-16-17-18-19-20-21-22-23-24-25(26)29-30(27)28/h25H,2-24H2,1H3,(H,27,28). The maximum Gasteiger partial charge on any atom is 0.304 e. The van der Waals surface area contributed by atoms with Crippen molar-refractivity contribution < 1.29 is 17.3 Å². The van der Waals surface area contributed by atoms with E-state index in [9.17, 15) is 8.60 Å². The third-order valence-electron chi connectivity index (χ3n) is 5.97. The fourth-order valence-electron chi connectivity index (χ4n) is 4.05. The fraction of sp³-hybridized carbons (Fsp3) is 1.00. The van der Waals surface area contributed by atoms with E-state index in [0.717, 1.165) is 19.3 Å². The van der Waals surface area contributed by atoms with Crippen molar-refractivity contribution in [2.24, 2.45) is 0 Å². The molecule has 0 rings (SSSR count). The van der Waals surface area contributed by atoms with E-state index in [-0.39, 0.29) is 6.42 Å². The van der Waals surface area contributed by atoms with Crippen molar-refractivity contribution in [3.63, 3.8) is 0 Å². The second-order valence-corrected chi connectivity index (χ2v) is 9.56. The molecule has 30 heavy (non-hydrogen) atoms. The number of hydrogen-bond donors (Lipinski definition) is 1. The number of hydrogen-bond acceptors (Lipinski definition) is 2. The lowest BCUT2D eigenvalue weighted by Crippen LogP contribution is -2.07. The van der Waals surface area contributed by atoms with Crippen LogP contribution in [0.5, 0.6) is 0 Å². The summed E-state index contributed by atoms with van der Waals surface area (Å²) in [6, 6.07) is 0. The first kappa shape index (κ1) is 30.0. The van der Waals surface area contributed by atoms with Crippen LogP contribution in [0.15, 0.2) is 0 Å². The summed E-state index contributed by atoms with van der Waals surface area (Å²) in [5.41, 5.74) is 0. The van der Waals surface area contributed by atoms with Gasteiger partial charge in [0.2, 0.25) is 6.36 Å². The molecule has 0 aliphatic rings. The zero-order valence-electron chi connectivity index (χ0n) is 19.9. The van der Waals surface area contributed by atoms with Crippen molar-refractivity contribution in [2.75, 3.05) is 0 Å². The quantitative estimate of drug-likeness (QED) is 0.111. The Bertz CT molecular complexity index is 355. The second-order valence-electron chi connectivity index (χ2n) is 8.94. The minimum absolute atomic E-state index is 0.214. The molecule has 0 aliphatic heterocycles. The zero-order valence-corrected chi connectivity index (χ0v) is 20.7. The molecule has 0 saturated heterocycles. The molecule has 0 bridgehead atoms.